The second-order valence-corrected chi connectivity index (χ2v) is 4.07. The lowest BCUT2D eigenvalue weighted by molar-refractivity contribution is 0.241. The average Bonchev–Trinajstić information content (AvgIpc) is 2.13. The number of nitrogens with zero attached hydrogens (tertiary/aromatic N) is 1. The zero-order valence-corrected chi connectivity index (χ0v) is 10.7. The molecule has 1 rings (SSSR count). The summed E-state index contributed by atoms with van der Waals surface area (Å²) in [7, 11) is 3.30. The van der Waals surface area contributed by atoms with E-state index in [4.69, 9.17) is 5.11 Å². The maximum atomic E-state index is 12.3. The van der Waals surface area contributed by atoms with Crippen LogP contribution in [0.15, 0.2) is 22.7 Å². The van der Waals surface area contributed by atoms with Crippen molar-refractivity contribution in [2.45, 2.75) is 0 Å². The Morgan fingerprint density at radius 1 is 1.53 bits per heavy atom. The maximum Gasteiger partial charge on any atom is 0.278 e. The molecule has 15 heavy (non-hydrogen) atoms. The van der Waals surface area contributed by atoms with Crippen molar-refractivity contribution in [2.24, 2.45) is 0 Å². The number of phenolic OH excluding ortho intramolecular Hbond substituents is 1. The molecule has 0 heterocycles. The van der Waals surface area contributed by atoms with E-state index in [1.807, 2.05) is 0 Å². The molecule has 0 spiro atoms. The van der Waals surface area contributed by atoms with E-state index in [9.17, 15) is 9.18 Å². The number of thiol groups is 1. The first kappa shape index (κ1) is 14.2. The van der Waals surface area contributed by atoms with Gasteiger partial charge in [0.05, 0.1) is 0 Å². The molecule has 1 N–H and O–H groups in total. The second kappa shape index (κ2) is 6.68. The van der Waals surface area contributed by atoms with Gasteiger partial charge >= 0.3 is 0 Å². The van der Waals surface area contributed by atoms with Crippen LogP contribution in [0.4, 0.5) is 9.18 Å². The van der Waals surface area contributed by atoms with Gasteiger partial charge in [0.15, 0.2) is 11.6 Å². The minimum Gasteiger partial charge on any atom is -0.505 e. The highest BCUT2D eigenvalue weighted by atomic mass is 79.9. The van der Waals surface area contributed by atoms with E-state index in [0.717, 1.165) is 0 Å². The Labute approximate surface area is 101 Å². The summed E-state index contributed by atoms with van der Waals surface area (Å²) >= 11 is 6.53. The van der Waals surface area contributed by atoms with Gasteiger partial charge in [-0.25, -0.2) is 4.39 Å². The van der Waals surface area contributed by atoms with Gasteiger partial charge in [-0.1, -0.05) is 28.6 Å². The Bertz CT molecular complexity index is 347. The third-order valence-electron chi connectivity index (χ3n) is 1.29. The van der Waals surface area contributed by atoms with E-state index in [0.29, 0.717) is 4.47 Å². The summed E-state index contributed by atoms with van der Waals surface area (Å²) in [6.45, 7) is 0. The van der Waals surface area contributed by atoms with Gasteiger partial charge in [-0.15, -0.1) is 0 Å². The molecule has 1 aromatic rings. The molecule has 1 amide bonds. The van der Waals surface area contributed by atoms with Crippen molar-refractivity contribution in [3.63, 3.8) is 0 Å². The Morgan fingerprint density at radius 2 is 2.00 bits per heavy atom. The average molecular weight is 296 g/mol. The summed E-state index contributed by atoms with van der Waals surface area (Å²) in [6, 6.07) is 4.06. The number of aromatic hydroxyl groups is 1. The van der Waals surface area contributed by atoms with Gasteiger partial charge in [0.25, 0.3) is 5.24 Å². The quantitative estimate of drug-likeness (QED) is 0.723. The highest BCUT2D eigenvalue weighted by Crippen LogP contribution is 2.19. The number of halogens is 2. The Balaban J connectivity index is 0.000000288. The fourth-order valence-corrected chi connectivity index (χ4v) is 0.814. The Hall–Kier alpha value is -0.750. The molecule has 1 aromatic carbocycles. The molecule has 84 valence electrons. The highest BCUT2D eigenvalue weighted by Gasteiger charge is 1.97. The summed E-state index contributed by atoms with van der Waals surface area (Å²) in [5.74, 6) is -0.928. The fraction of sp³-hybridized carbons (Fsp3) is 0.222. The number of hydrogen-bond acceptors (Lipinski definition) is 2. The highest BCUT2D eigenvalue weighted by molar-refractivity contribution is 9.10. The van der Waals surface area contributed by atoms with Crippen LogP contribution in [0.25, 0.3) is 0 Å². The maximum absolute atomic E-state index is 12.3. The van der Waals surface area contributed by atoms with Crippen LogP contribution in [0.5, 0.6) is 5.75 Å². The monoisotopic (exact) mass is 295 g/mol. The SMILES string of the molecule is CN(C)C(=O)S.Oc1ccc(Br)cc1F. The van der Waals surface area contributed by atoms with E-state index in [2.05, 4.69) is 28.6 Å². The van der Waals surface area contributed by atoms with Gasteiger partial charge < -0.3 is 10.0 Å². The molecule has 0 aromatic heterocycles. The minimum absolute atomic E-state index is 0.213. The summed E-state index contributed by atoms with van der Waals surface area (Å²) in [6.07, 6.45) is 0. The van der Waals surface area contributed by atoms with Gasteiger partial charge in [-0.3, -0.25) is 4.79 Å². The first-order valence-electron chi connectivity index (χ1n) is 3.89. The van der Waals surface area contributed by atoms with E-state index in [1.54, 1.807) is 20.2 Å². The number of carbonyl (C=O) groups is 1. The van der Waals surface area contributed by atoms with E-state index in [1.165, 1.54) is 17.0 Å². The van der Waals surface area contributed by atoms with Crippen LogP contribution in [0, 0.1) is 5.82 Å². The van der Waals surface area contributed by atoms with Crippen LogP contribution >= 0.6 is 28.6 Å². The number of benzene rings is 1. The molecular formula is C9H11BrFNO2S. The van der Waals surface area contributed by atoms with Crippen molar-refractivity contribution < 1.29 is 14.3 Å². The molecule has 0 aliphatic carbocycles. The molecule has 0 radical (unpaired) electrons. The number of amides is 1. The van der Waals surface area contributed by atoms with Crippen molar-refractivity contribution in [3.05, 3.63) is 28.5 Å². The topological polar surface area (TPSA) is 40.5 Å². The van der Waals surface area contributed by atoms with Crippen LogP contribution in [0.3, 0.4) is 0 Å². The molecule has 0 fully saturated rings. The third-order valence-corrected chi connectivity index (χ3v) is 2.19. The van der Waals surface area contributed by atoms with Gasteiger partial charge in [0, 0.05) is 18.6 Å². The summed E-state index contributed by atoms with van der Waals surface area (Å²) in [5.41, 5.74) is 0. The standard InChI is InChI=1S/C6H4BrFO.C3H7NOS/c7-4-1-2-6(9)5(8)3-4;1-4(2)3(5)6/h1-3,9H;1-2H3,(H,5,6). The zero-order valence-electron chi connectivity index (χ0n) is 8.24. The van der Waals surface area contributed by atoms with Crippen LogP contribution < -0.4 is 0 Å². The molecule has 0 bridgehead atoms. The molecule has 0 saturated carbocycles. The molecule has 0 saturated heterocycles. The van der Waals surface area contributed by atoms with Gasteiger partial charge in [0.2, 0.25) is 0 Å². The van der Waals surface area contributed by atoms with E-state index in [-0.39, 0.29) is 11.0 Å². The van der Waals surface area contributed by atoms with Gasteiger partial charge in [-0.2, -0.15) is 0 Å². The molecule has 0 aliphatic rings. The van der Waals surface area contributed by atoms with Crippen LogP contribution in [0.2, 0.25) is 0 Å². The van der Waals surface area contributed by atoms with Crippen molar-refractivity contribution >= 4 is 33.8 Å². The predicted octanol–water partition coefficient (Wildman–Crippen LogP) is 2.89. The molecular weight excluding hydrogens is 285 g/mol. The normalized spacial score (nSPS) is 8.87. The van der Waals surface area contributed by atoms with E-state index >= 15 is 0 Å². The lowest BCUT2D eigenvalue weighted by Gasteiger charge is -2.01. The lowest BCUT2D eigenvalue weighted by Crippen LogP contribution is -2.13. The predicted molar refractivity (Wildman–Crippen MR) is 63.8 cm³/mol. The fourth-order valence-electron chi connectivity index (χ4n) is 0.481. The number of carbonyl (C=O) groups excluding carboxylic acids is 1. The van der Waals surface area contributed by atoms with Crippen molar-refractivity contribution in [1.29, 1.82) is 0 Å². The molecule has 0 atom stereocenters. The smallest absolute Gasteiger partial charge is 0.278 e. The third kappa shape index (κ3) is 6.35. The van der Waals surface area contributed by atoms with Gasteiger partial charge in [-0.05, 0) is 18.2 Å². The molecule has 0 unspecified atom stereocenters. The largest absolute Gasteiger partial charge is 0.505 e. The van der Waals surface area contributed by atoms with Crippen LogP contribution in [-0.4, -0.2) is 29.3 Å². The van der Waals surface area contributed by atoms with Crippen molar-refractivity contribution in [2.75, 3.05) is 14.1 Å². The molecule has 6 heteroatoms. The van der Waals surface area contributed by atoms with Crippen molar-refractivity contribution in [1.82, 2.24) is 4.90 Å². The van der Waals surface area contributed by atoms with Crippen molar-refractivity contribution in [3.8, 4) is 5.75 Å². The minimum atomic E-state index is -0.607. The van der Waals surface area contributed by atoms with E-state index < -0.39 is 5.82 Å². The number of phenols is 1. The second-order valence-electron chi connectivity index (χ2n) is 2.77. The summed E-state index contributed by atoms with van der Waals surface area (Å²) < 4.78 is 12.9. The summed E-state index contributed by atoms with van der Waals surface area (Å²) in [5, 5.41) is 8.43. The molecule has 3 nitrogen and oxygen atoms in total. The van der Waals surface area contributed by atoms with Crippen LogP contribution in [-0.2, 0) is 0 Å². The van der Waals surface area contributed by atoms with Gasteiger partial charge in [0.1, 0.15) is 0 Å². The zero-order chi connectivity index (χ0) is 12.0. The van der Waals surface area contributed by atoms with Crippen LogP contribution in [0.1, 0.15) is 0 Å². The Kier molecular flexibility index (Phi) is 6.35. The number of rotatable bonds is 0. The number of hydrogen-bond donors (Lipinski definition) is 2. The molecule has 0 aliphatic heterocycles. The first-order chi connectivity index (χ1) is 6.84. The lowest BCUT2D eigenvalue weighted by atomic mass is 10.3. The summed E-state index contributed by atoms with van der Waals surface area (Å²) in [4.78, 5) is 11.3. The Morgan fingerprint density at radius 3 is 2.27 bits per heavy atom. The first-order valence-corrected chi connectivity index (χ1v) is 5.13.